The molecule has 1 fully saturated rings. The smallest absolute Gasteiger partial charge is 0.308 e. The van der Waals surface area contributed by atoms with Gasteiger partial charge in [0.15, 0.2) is 11.6 Å². The van der Waals surface area contributed by atoms with E-state index in [1.54, 1.807) is 32.9 Å². The number of hydrogen-bond acceptors (Lipinski definition) is 7. The van der Waals surface area contributed by atoms with Crippen LogP contribution in [0.5, 0.6) is 5.75 Å². The zero-order valence-corrected chi connectivity index (χ0v) is 15.7. The second-order valence-electron chi connectivity index (χ2n) is 7.50. The first kappa shape index (κ1) is 19.4. The Balaban J connectivity index is 2.28. The van der Waals surface area contributed by atoms with Gasteiger partial charge in [0.2, 0.25) is 0 Å². The molecule has 0 aromatic heterocycles. The third-order valence-electron chi connectivity index (χ3n) is 5.18. The van der Waals surface area contributed by atoms with E-state index in [0.717, 1.165) is 0 Å². The summed E-state index contributed by atoms with van der Waals surface area (Å²) in [5.74, 6) is -3.40. The third-order valence-corrected chi connectivity index (χ3v) is 5.18. The van der Waals surface area contributed by atoms with Gasteiger partial charge in [-0.2, -0.15) is 0 Å². The fourth-order valence-corrected chi connectivity index (χ4v) is 4.42. The van der Waals surface area contributed by atoms with Crippen molar-refractivity contribution in [3.63, 3.8) is 0 Å². The van der Waals surface area contributed by atoms with Crippen LogP contribution >= 0.6 is 0 Å². The van der Waals surface area contributed by atoms with Gasteiger partial charge in [-0.1, -0.05) is 12.1 Å². The monoisotopic (exact) mass is 374 g/mol. The van der Waals surface area contributed by atoms with Gasteiger partial charge in [0.25, 0.3) is 0 Å². The Morgan fingerprint density at radius 2 is 1.96 bits per heavy atom. The summed E-state index contributed by atoms with van der Waals surface area (Å²) in [7, 11) is 0. The third kappa shape index (κ3) is 3.11. The predicted molar refractivity (Wildman–Crippen MR) is 93.2 cm³/mol. The van der Waals surface area contributed by atoms with E-state index in [1.165, 1.54) is 13.0 Å². The van der Waals surface area contributed by atoms with Crippen LogP contribution < -0.4 is 4.74 Å². The van der Waals surface area contributed by atoms with Crippen LogP contribution in [0.15, 0.2) is 18.2 Å². The van der Waals surface area contributed by atoms with Gasteiger partial charge >= 0.3 is 5.97 Å². The van der Waals surface area contributed by atoms with E-state index in [4.69, 9.17) is 14.2 Å². The van der Waals surface area contributed by atoms with Crippen molar-refractivity contribution < 1.29 is 33.4 Å². The molecule has 1 aromatic rings. The number of ketones is 1. The fraction of sp³-hybridized carbons (Fsp3) is 0.500. The normalized spacial score (nSPS) is 31.4. The topological polar surface area (TPSA) is 96.0 Å². The maximum absolute atomic E-state index is 13.3. The summed E-state index contributed by atoms with van der Waals surface area (Å²) < 4.78 is 17.2. The maximum atomic E-state index is 13.3. The average Bonchev–Trinajstić information content (AvgIpc) is 2.57. The summed E-state index contributed by atoms with van der Waals surface area (Å²) in [6, 6.07) is 4.91. The Labute approximate surface area is 157 Å². The summed E-state index contributed by atoms with van der Waals surface area (Å²) in [4.78, 5) is 47.8. The first-order valence-corrected chi connectivity index (χ1v) is 8.77. The highest BCUT2D eigenvalue weighted by Gasteiger charge is 2.60. The molecule has 0 saturated carbocycles. The molecule has 27 heavy (non-hydrogen) atoms. The minimum Gasteiger partial charge on any atom is -0.426 e. The Morgan fingerprint density at radius 1 is 1.26 bits per heavy atom. The molecule has 144 valence electrons. The number of carbonyl (C=O) groups excluding carboxylic acids is 4. The summed E-state index contributed by atoms with van der Waals surface area (Å²) in [6.07, 6.45) is 0.284. The van der Waals surface area contributed by atoms with Crippen LogP contribution in [0.1, 0.15) is 50.0 Å². The van der Waals surface area contributed by atoms with E-state index < -0.39 is 35.3 Å². The molecule has 1 heterocycles. The molecule has 1 aromatic carbocycles. The fourth-order valence-electron chi connectivity index (χ4n) is 4.42. The number of fused-ring (bicyclic) bond motifs is 3. The zero-order chi connectivity index (χ0) is 20.0. The van der Waals surface area contributed by atoms with E-state index in [0.29, 0.717) is 18.1 Å². The van der Waals surface area contributed by atoms with Gasteiger partial charge < -0.3 is 23.8 Å². The Hall–Kier alpha value is -2.38. The first-order chi connectivity index (χ1) is 12.6. The summed E-state index contributed by atoms with van der Waals surface area (Å²) in [6.45, 7) is 6.40. The van der Waals surface area contributed by atoms with Gasteiger partial charge in [-0.05, 0) is 32.4 Å². The van der Waals surface area contributed by atoms with Crippen molar-refractivity contribution in [2.45, 2.75) is 51.6 Å². The number of esters is 1. The van der Waals surface area contributed by atoms with Gasteiger partial charge in [-0.3, -0.25) is 9.59 Å². The maximum Gasteiger partial charge on any atom is 0.308 e. The molecule has 0 amide bonds. The number of Topliss-reactive ketones (excluding diaryl/α,β-unsaturated/α-hetero) is 1. The Bertz CT molecular complexity index is 813. The second kappa shape index (κ2) is 6.65. The van der Waals surface area contributed by atoms with Crippen molar-refractivity contribution in [2.75, 3.05) is 0 Å². The lowest BCUT2D eigenvalue weighted by Gasteiger charge is -2.55. The minimum absolute atomic E-state index is 0.0928. The molecular weight excluding hydrogens is 352 g/mol. The highest BCUT2D eigenvalue weighted by Crippen LogP contribution is 2.54. The highest BCUT2D eigenvalue weighted by molar-refractivity contribution is 6.05. The van der Waals surface area contributed by atoms with Crippen molar-refractivity contribution >= 4 is 24.3 Å². The number of aldehydes is 2. The number of benzene rings is 1. The molecule has 0 N–H and O–H groups in total. The van der Waals surface area contributed by atoms with Crippen molar-refractivity contribution in [2.24, 2.45) is 11.8 Å². The molecule has 7 nitrogen and oxygen atoms in total. The molecule has 0 radical (unpaired) electrons. The van der Waals surface area contributed by atoms with E-state index >= 15 is 0 Å². The summed E-state index contributed by atoms with van der Waals surface area (Å²) in [5.41, 5.74) is -0.359. The molecule has 7 heteroatoms. The van der Waals surface area contributed by atoms with Gasteiger partial charge in [0.05, 0.1) is 5.56 Å². The number of ether oxygens (including phenoxy) is 3. The molecule has 0 unspecified atom stereocenters. The SMILES string of the molecule is CC(=O)Oc1cccc2c1C(=O)[C@H](CC=O)[C@@H]1[C@H](C=O)OC(C)(C)O[C@]21C. The molecule has 0 bridgehead atoms. The number of carbonyl (C=O) groups is 4. The number of hydrogen-bond donors (Lipinski definition) is 0. The largest absolute Gasteiger partial charge is 0.426 e. The molecular formula is C20H22O7. The predicted octanol–water partition coefficient (Wildman–Crippen LogP) is 2.20. The van der Waals surface area contributed by atoms with Crippen LogP contribution in [-0.2, 0) is 29.5 Å². The lowest BCUT2D eigenvalue weighted by molar-refractivity contribution is -0.354. The van der Waals surface area contributed by atoms with Crippen LogP contribution in [0.4, 0.5) is 0 Å². The van der Waals surface area contributed by atoms with Crippen LogP contribution in [0.25, 0.3) is 0 Å². The Morgan fingerprint density at radius 3 is 2.56 bits per heavy atom. The zero-order valence-electron chi connectivity index (χ0n) is 15.7. The highest BCUT2D eigenvalue weighted by atomic mass is 16.7. The molecule has 4 atom stereocenters. The minimum atomic E-state index is -1.09. The van der Waals surface area contributed by atoms with Crippen molar-refractivity contribution in [3.8, 4) is 5.75 Å². The molecule has 1 aliphatic carbocycles. The van der Waals surface area contributed by atoms with Crippen LogP contribution in [0.3, 0.4) is 0 Å². The quantitative estimate of drug-likeness (QED) is 0.453. The van der Waals surface area contributed by atoms with Gasteiger partial charge in [0.1, 0.15) is 30.0 Å². The molecule has 2 aliphatic rings. The Kier molecular flexibility index (Phi) is 4.78. The lowest BCUT2D eigenvalue weighted by atomic mass is 9.62. The van der Waals surface area contributed by atoms with E-state index in [-0.39, 0.29) is 23.5 Å². The summed E-state index contributed by atoms with van der Waals surface area (Å²) in [5, 5.41) is 0. The van der Waals surface area contributed by atoms with Crippen molar-refractivity contribution in [1.29, 1.82) is 0 Å². The van der Waals surface area contributed by atoms with Crippen LogP contribution in [-0.4, -0.2) is 36.2 Å². The van der Waals surface area contributed by atoms with Crippen LogP contribution in [0, 0.1) is 11.8 Å². The second-order valence-corrected chi connectivity index (χ2v) is 7.50. The van der Waals surface area contributed by atoms with Crippen LogP contribution in [0.2, 0.25) is 0 Å². The number of rotatable bonds is 4. The van der Waals surface area contributed by atoms with E-state index in [2.05, 4.69) is 0 Å². The molecule has 1 saturated heterocycles. The molecule has 3 rings (SSSR count). The van der Waals surface area contributed by atoms with Gasteiger partial charge in [-0.15, -0.1) is 0 Å². The standard InChI is InChI=1S/C20H22O7/c1-11(23)25-14-7-5-6-13-16(14)18(24)12(8-9-21)17-15(10-22)26-19(2,3)27-20(13,17)4/h5-7,9-10,12,15,17H,8H2,1-4H3/t12-,15+,17-,20-/m1/s1. The average molecular weight is 374 g/mol. The van der Waals surface area contributed by atoms with E-state index in [9.17, 15) is 19.2 Å². The van der Waals surface area contributed by atoms with Crippen molar-refractivity contribution in [3.05, 3.63) is 29.3 Å². The van der Waals surface area contributed by atoms with Gasteiger partial charge in [-0.25, -0.2) is 0 Å². The van der Waals surface area contributed by atoms with Gasteiger partial charge in [0, 0.05) is 25.2 Å². The van der Waals surface area contributed by atoms with Crippen molar-refractivity contribution in [1.82, 2.24) is 0 Å². The molecule has 1 aliphatic heterocycles. The summed E-state index contributed by atoms with van der Waals surface area (Å²) >= 11 is 0. The molecule has 0 spiro atoms. The first-order valence-electron chi connectivity index (χ1n) is 8.77. The lowest BCUT2D eigenvalue weighted by Crippen LogP contribution is -2.61. The van der Waals surface area contributed by atoms with E-state index in [1.807, 2.05) is 0 Å².